The van der Waals surface area contributed by atoms with Crippen LogP contribution in [0.15, 0.2) is 0 Å². The Labute approximate surface area is 87.5 Å². The van der Waals surface area contributed by atoms with Crippen LogP contribution < -0.4 is 17.7 Å². The van der Waals surface area contributed by atoms with Gasteiger partial charge in [0.25, 0.3) is 0 Å². The van der Waals surface area contributed by atoms with Gasteiger partial charge in [0.2, 0.25) is 0 Å². The van der Waals surface area contributed by atoms with Crippen molar-refractivity contribution in [3.8, 4) is 0 Å². The third-order valence-electron chi connectivity index (χ3n) is 3.65. The van der Waals surface area contributed by atoms with Gasteiger partial charge in [-0.05, 0) is 26.8 Å². The van der Waals surface area contributed by atoms with Crippen molar-refractivity contribution in [2.75, 3.05) is 26.2 Å². The van der Waals surface area contributed by atoms with E-state index in [0.717, 1.165) is 6.04 Å². The molecule has 2 rings (SSSR count). The van der Waals surface area contributed by atoms with E-state index >= 15 is 0 Å². The Hall–Kier alpha value is 0.210. The van der Waals surface area contributed by atoms with Crippen LogP contribution >= 0.6 is 0 Å². The Morgan fingerprint density at radius 1 is 1.31 bits per heavy atom. The molecule has 13 heavy (non-hydrogen) atoms. The van der Waals surface area contributed by atoms with Crippen molar-refractivity contribution < 1.29 is 17.7 Å². The Morgan fingerprint density at radius 3 is 2.54 bits per heavy atom. The normalized spacial score (nSPS) is 34.4. The summed E-state index contributed by atoms with van der Waals surface area (Å²) in [6, 6.07) is 0.755. The molecule has 0 bridgehead atoms. The number of rotatable bonds is 1. The minimum Gasteiger partial charge on any atom is -1.00 e. The Morgan fingerprint density at radius 2 is 2.08 bits per heavy atom. The van der Waals surface area contributed by atoms with Gasteiger partial charge in [0.05, 0.1) is 13.1 Å². The van der Waals surface area contributed by atoms with Crippen molar-refractivity contribution in [2.45, 2.75) is 32.7 Å². The van der Waals surface area contributed by atoms with Crippen LogP contribution in [0, 0.1) is 5.41 Å². The fourth-order valence-electron chi connectivity index (χ4n) is 2.70. The summed E-state index contributed by atoms with van der Waals surface area (Å²) in [5.74, 6) is 0. The molecule has 2 nitrogen and oxygen atoms in total. The first-order chi connectivity index (χ1) is 5.72. The van der Waals surface area contributed by atoms with Crippen LogP contribution in [-0.2, 0) is 0 Å². The highest BCUT2D eigenvalue weighted by Crippen LogP contribution is 2.34. The van der Waals surface area contributed by atoms with Gasteiger partial charge in [-0.3, -0.25) is 0 Å². The standard InChI is InChI=1S/C10H20N2.ClH/c1-9(2)12-6-4-10(8-12)3-5-11-7-10;/h9,11H,3-8H2,1-2H3;1H. The molecule has 1 unspecified atom stereocenters. The molecule has 2 saturated heterocycles. The SMILES string of the molecule is CC(C)N1CCC2(CC[NH2+]C2)C1.[Cl-]. The van der Waals surface area contributed by atoms with E-state index in [0.29, 0.717) is 5.41 Å². The molecule has 0 saturated carbocycles. The zero-order valence-electron chi connectivity index (χ0n) is 8.72. The second-order valence-corrected chi connectivity index (χ2v) is 4.85. The van der Waals surface area contributed by atoms with E-state index in [1.54, 1.807) is 0 Å². The number of nitrogens with two attached hydrogens (primary N) is 1. The fourth-order valence-corrected chi connectivity index (χ4v) is 2.70. The van der Waals surface area contributed by atoms with Crippen molar-refractivity contribution in [3.05, 3.63) is 0 Å². The van der Waals surface area contributed by atoms with E-state index in [2.05, 4.69) is 24.1 Å². The molecule has 0 aromatic rings. The summed E-state index contributed by atoms with van der Waals surface area (Å²) in [4.78, 5) is 2.64. The molecule has 2 N–H and O–H groups in total. The number of halogens is 1. The molecule has 0 aromatic heterocycles. The molecule has 1 atom stereocenters. The third kappa shape index (κ3) is 2.17. The first-order valence-corrected chi connectivity index (χ1v) is 5.28. The van der Waals surface area contributed by atoms with Gasteiger partial charge in [-0.15, -0.1) is 0 Å². The second-order valence-electron chi connectivity index (χ2n) is 4.85. The predicted molar refractivity (Wildman–Crippen MR) is 50.0 cm³/mol. The fraction of sp³-hybridized carbons (Fsp3) is 1.00. The molecular weight excluding hydrogens is 184 g/mol. The van der Waals surface area contributed by atoms with Crippen molar-refractivity contribution in [1.82, 2.24) is 4.90 Å². The summed E-state index contributed by atoms with van der Waals surface area (Å²) >= 11 is 0. The van der Waals surface area contributed by atoms with Crippen LogP contribution in [0.25, 0.3) is 0 Å². The average Bonchev–Trinajstić information content (AvgIpc) is 2.62. The number of quaternary nitrogens is 1. The molecule has 2 aliphatic rings. The summed E-state index contributed by atoms with van der Waals surface area (Å²) in [6.45, 7) is 10.1. The summed E-state index contributed by atoms with van der Waals surface area (Å²) in [5.41, 5.74) is 0.713. The van der Waals surface area contributed by atoms with E-state index in [4.69, 9.17) is 0 Å². The molecule has 0 radical (unpaired) electrons. The lowest BCUT2D eigenvalue weighted by molar-refractivity contribution is -0.640. The van der Waals surface area contributed by atoms with Crippen LogP contribution in [0.1, 0.15) is 26.7 Å². The van der Waals surface area contributed by atoms with E-state index in [1.807, 2.05) is 0 Å². The van der Waals surface area contributed by atoms with Crippen molar-refractivity contribution >= 4 is 0 Å². The number of hydrogen-bond donors (Lipinski definition) is 1. The summed E-state index contributed by atoms with van der Waals surface area (Å²) in [6.07, 6.45) is 2.90. The first kappa shape index (κ1) is 11.3. The van der Waals surface area contributed by atoms with E-state index in [1.165, 1.54) is 39.0 Å². The summed E-state index contributed by atoms with van der Waals surface area (Å²) < 4.78 is 0. The van der Waals surface area contributed by atoms with Crippen molar-refractivity contribution in [1.29, 1.82) is 0 Å². The smallest absolute Gasteiger partial charge is 0.0827 e. The average molecular weight is 205 g/mol. The molecule has 0 amide bonds. The van der Waals surface area contributed by atoms with Crippen molar-refractivity contribution in [2.24, 2.45) is 5.41 Å². The monoisotopic (exact) mass is 204 g/mol. The summed E-state index contributed by atoms with van der Waals surface area (Å²) in [7, 11) is 0. The molecule has 2 heterocycles. The second kappa shape index (κ2) is 4.16. The van der Waals surface area contributed by atoms with Crippen LogP contribution in [-0.4, -0.2) is 37.1 Å². The van der Waals surface area contributed by atoms with Gasteiger partial charge in [-0.1, -0.05) is 0 Å². The van der Waals surface area contributed by atoms with Gasteiger partial charge in [-0.25, -0.2) is 0 Å². The Bertz CT molecular complexity index is 164. The molecule has 1 spiro atoms. The van der Waals surface area contributed by atoms with Gasteiger partial charge >= 0.3 is 0 Å². The highest BCUT2D eigenvalue weighted by molar-refractivity contribution is 4.91. The zero-order chi connectivity index (χ0) is 8.60. The molecule has 3 heteroatoms. The van der Waals surface area contributed by atoms with E-state index < -0.39 is 0 Å². The van der Waals surface area contributed by atoms with Crippen molar-refractivity contribution in [3.63, 3.8) is 0 Å². The lowest BCUT2D eigenvalue weighted by Crippen LogP contribution is -3.00. The van der Waals surface area contributed by atoms with Crippen LogP contribution in [0.2, 0.25) is 0 Å². The predicted octanol–water partition coefficient (Wildman–Crippen LogP) is -2.94. The van der Waals surface area contributed by atoms with E-state index in [9.17, 15) is 0 Å². The zero-order valence-corrected chi connectivity index (χ0v) is 9.48. The maximum absolute atomic E-state index is 2.64. The highest BCUT2D eigenvalue weighted by Gasteiger charge is 2.43. The largest absolute Gasteiger partial charge is 1.00 e. The topological polar surface area (TPSA) is 19.9 Å². The van der Waals surface area contributed by atoms with Gasteiger partial charge < -0.3 is 22.6 Å². The maximum atomic E-state index is 2.64. The lowest BCUT2D eigenvalue weighted by atomic mass is 9.86. The van der Waals surface area contributed by atoms with E-state index in [-0.39, 0.29) is 12.4 Å². The van der Waals surface area contributed by atoms with Gasteiger partial charge in [-0.2, -0.15) is 0 Å². The number of nitrogens with zero attached hydrogens (tertiary/aromatic N) is 1. The first-order valence-electron chi connectivity index (χ1n) is 5.28. The molecular formula is C10H21ClN2. The molecule has 2 aliphatic heterocycles. The molecule has 0 aromatic carbocycles. The highest BCUT2D eigenvalue weighted by atomic mass is 35.5. The maximum Gasteiger partial charge on any atom is 0.0827 e. The quantitative estimate of drug-likeness (QED) is 0.485. The third-order valence-corrected chi connectivity index (χ3v) is 3.65. The van der Waals surface area contributed by atoms with Gasteiger partial charge in [0, 0.05) is 24.4 Å². The van der Waals surface area contributed by atoms with Crippen LogP contribution in [0.4, 0.5) is 0 Å². The Kier molecular flexibility index (Phi) is 3.61. The van der Waals surface area contributed by atoms with Crippen LogP contribution in [0.3, 0.4) is 0 Å². The number of hydrogen-bond acceptors (Lipinski definition) is 1. The molecule has 2 fully saturated rings. The van der Waals surface area contributed by atoms with Gasteiger partial charge in [0.1, 0.15) is 0 Å². The minimum atomic E-state index is 0. The lowest BCUT2D eigenvalue weighted by Gasteiger charge is -2.23. The Balaban J connectivity index is 0.000000845. The molecule has 78 valence electrons. The molecule has 0 aliphatic carbocycles. The minimum absolute atomic E-state index is 0. The van der Waals surface area contributed by atoms with Crippen LogP contribution in [0.5, 0.6) is 0 Å². The van der Waals surface area contributed by atoms with Gasteiger partial charge in [0.15, 0.2) is 0 Å². The summed E-state index contributed by atoms with van der Waals surface area (Å²) in [5, 5.41) is 2.49. The number of likely N-dealkylation sites (tertiary alicyclic amines) is 1.